The second-order valence-electron chi connectivity index (χ2n) is 3.81. The molecule has 0 bridgehead atoms. The van der Waals surface area contributed by atoms with Gasteiger partial charge in [-0.25, -0.2) is 0 Å². The van der Waals surface area contributed by atoms with Gasteiger partial charge in [0.15, 0.2) is 0 Å². The zero-order chi connectivity index (χ0) is 13.7. The topological polar surface area (TPSA) is 21.6 Å². The smallest absolute Gasteiger partial charge is 0.142 e. The van der Waals surface area contributed by atoms with Crippen molar-refractivity contribution in [1.29, 1.82) is 0 Å². The maximum absolute atomic E-state index is 5.90. The fourth-order valence-corrected chi connectivity index (χ4v) is 2.18. The van der Waals surface area contributed by atoms with E-state index in [0.29, 0.717) is 16.7 Å². The lowest BCUT2D eigenvalue weighted by Crippen LogP contribution is -1.88. The van der Waals surface area contributed by atoms with E-state index in [4.69, 9.17) is 28.0 Å². The molecule has 2 aromatic carbocycles. The van der Waals surface area contributed by atoms with Gasteiger partial charge in [0.1, 0.15) is 6.61 Å². The lowest BCUT2D eigenvalue weighted by Gasteiger charge is -2.00. The number of nitrogens with zero attached hydrogens (tertiary/aromatic N) is 1. The third-order valence-electron chi connectivity index (χ3n) is 2.34. The van der Waals surface area contributed by atoms with Crippen LogP contribution in [0.1, 0.15) is 11.1 Å². The second-order valence-corrected chi connectivity index (χ2v) is 5.54. The third-order valence-corrected chi connectivity index (χ3v) is 3.57. The van der Waals surface area contributed by atoms with Gasteiger partial charge in [-0.05, 0) is 35.4 Å². The highest BCUT2D eigenvalue weighted by atomic mass is 79.9. The fraction of sp³-hybridized carbons (Fsp3) is 0.0714. The minimum Gasteiger partial charge on any atom is -0.391 e. The third kappa shape index (κ3) is 4.53. The molecule has 2 aromatic rings. The van der Waals surface area contributed by atoms with E-state index >= 15 is 0 Å². The van der Waals surface area contributed by atoms with E-state index in [2.05, 4.69) is 21.1 Å². The second kappa shape index (κ2) is 6.94. The lowest BCUT2D eigenvalue weighted by atomic mass is 10.2. The average Bonchev–Trinajstić information content (AvgIpc) is 2.39. The molecular formula is C14H10BrCl2NO. The van der Waals surface area contributed by atoms with Crippen LogP contribution < -0.4 is 0 Å². The van der Waals surface area contributed by atoms with Crippen LogP contribution in [0.15, 0.2) is 52.1 Å². The van der Waals surface area contributed by atoms with Crippen molar-refractivity contribution in [3.05, 3.63) is 68.1 Å². The van der Waals surface area contributed by atoms with Crippen molar-refractivity contribution in [3.8, 4) is 0 Å². The van der Waals surface area contributed by atoms with Crippen LogP contribution in [-0.2, 0) is 11.4 Å². The fourth-order valence-electron chi connectivity index (χ4n) is 1.43. The van der Waals surface area contributed by atoms with Crippen LogP contribution in [0.2, 0.25) is 10.0 Å². The molecule has 0 aromatic heterocycles. The maximum atomic E-state index is 5.90. The molecule has 0 spiro atoms. The number of benzene rings is 2. The van der Waals surface area contributed by atoms with Crippen molar-refractivity contribution in [2.24, 2.45) is 5.16 Å². The zero-order valence-corrected chi connectivity index (χ0v) is 12.9. The first-order valence-electron chi connectivity index (χ1n) is 5.50. The van der Waals surface area contributed by atoms with Crippen molar-refractivity contribution >= 4 is 45.3 Å². The summed E-state index contributed by atoms with van der Waals surface area (Å²) in [7, 11) is 0. The monoisotopic (exact) mass is 357 g/mol. The lowest BCUT2D eigenvalue weighted by molar-refractivity contribution is 0.132. The predicted octanol–water partition coefficient (Wildman–Crippen LogP) is 5.31. The molecule has 0 atom stereocenters. The normalized spacial score (nSPS) is 10.9. The van der Waals surface area contributed by atoms with Gasteiger partial charge in [0.25, 0.3) is 0 Å². The molecule has 2 nitrogen and oxygen atoms in total. The van der Waals surface area contributed by atoms with Crippen molar-refractivity contribution in [2.75, 3.05) is 0 Å². The van der Waals surface area contributed by atoms with E-state index in [1.807, 2.05) is 30.3 Å². The molecule has 5 heteroatoms. The van der Waals surface area contributed by atoms with Crippen LogP contribution >= 0.6 is 39.1 Å². The first-order valence-corrected chi connectivity index (χ1v) is 7.05. The van der Waals surface area contributed by atoms with Gasteiger partial charge in [-0.2, -0.15) is 0 Å². The summed E-state index contributed by atoms with van der Waals surface area (Å²) in [5, 5.41) is 4.92. The van der Waals surface area contributed by atoms with Gasteiger partial charge in [0.2, 0.25) is 0 Å². The molecule has 2 rings (SSSR count). The Labute approximate surface area is 130 Å². The summed E-state index contributed by atoms with van der Waals surface area (Å²) in [5.41, 5.74) is 1.88. The highest BCUT2D eigenvalue weighted by Crippen LogP contribution is 2.21. The molecule has 0 saturated carbocycles. The number of rotatable bonds is 4. The van der Waals surface area contributed by atoms with E-state index in [-0.39, 0.29) is 0 Å². The van der Waals surface area contributed by atoms with E-state index in [9.17, 15) is 0 Å². The minimum absolute atomic E-state index is 0.414. The number of oxime groups is 1. The van der Waals surface area contributed by atoms with Crippen LogP contribution in [0, 0.1) is 0 Å². The Morgan fingerprint density at radius 3 is 2.68 bits per heavy atom. The zero-order valence-electron chi connectivity index (χ0n) is 9.82. The van der Waals surface area contributed by atoms with Gasteiger partial charge >= 0.3 is 0 Å². The Balaban J connectivity index is 1.91. The average molecular weight is 359 g/mol. The molecule has 0 aliphatic carbocycles. The molecule has 0 aliphatic heterocycles. The molecule has 0 N–H and O–H groups in total. The molecule has 0 radical (unpaired) electrons. The van der Waals surface area contributed by atoms with Crippen molar-refractivity contribution in [2.45, 2.75) is 6.61 Å². The summed E-state index contributed by atoms with van der Waals surface area (Å²) < 4.78 is 1.02. The van der Waals surface area contributed by atoms with Gasteiger partial charge in [-0.1, -0.05) is 62.5 Å². The Morgan fingerprint density at radius 2 is 1.95 bits per heavy atom. The molecular weight excluding hydrogens is 349 g/mol. The summed E-state index contributed by atoms with van der Waals surface area (Å²) in [6.45, 7) is 0.414. The van der Waals surface area contributed by atoms with Crippen LogP contribution in [0.5, 0.6) is 0 Å². The van der Waals surface area contributed by atoms with Gasteiger partial charge in [0.05, 0.1) is 16.3 Å². The van der Waals surface area contributed by atoms with Gasteiger partial charge in [0, 0.05) is 4.47 Å². The summed E-state index contributed by atoms with van der Waals surface area (Å²) in [4.78, 5) is 5.22. The van der Waals surface area contributed by atoms with Crippen LogP contribution in [0.3, 0.4) is 0 Å². The highest BCUT2D eigenvalue weighted by molar-refractivity contribution is 9.10. The predicted molar refractivity (Wildman–Crippen MR) is 83.0 cm³/mol. The van der Waals surface area contributed by atoms with Crippen LogP contribution in [0.4, 0.5) is 0 Å². The summed E-state index contributed by atoms with van der Waals surface area (Å²) in [5.74, 6) is 0. The molecule has 0 fully saturated rings. The van der Waals surface area contributed by atoms with Crippen molar-refractivity contribution in [1.82, 2.24) is 0 Å². The Kier molecular flexibility index (Phi) is 5.25. The molecule has 0 saturated heterocycles. The highest BCUT2D eigenvalue weighted by Gasteiger charge is 1.97. The Morgan fingerprint density at radius 1 is 1.11 bits per heavy atom. The summed E-state index contributed by atoms with van der Waals surface area (Å²) >= 11 is 15.1. The molecule has 19 heavy (non-hydrogen) atoms. The number of halogens is 3. The van der Waals surface area contributed by atoms with Gasteiger partial charge in [-0.15, -0.1) is 0 Å². The number of hydrogen-bond donors (Lipinski definition) is 0. The van der Waals surface area contributed by atoms with E-state index in [1.54, 1.807) is 18.3 Å². The Bertz CT molecular complexity index is 602. The molecule has 0 aliphatic rings. The minimum atomic E-state index is 0.414. The van der Waals surface area contributed by atoms with Gasteiger partial charge in [-0.3, -0.25) is 0 Å². The molecule has 98 valence electrons. The quantitative estimate of drug-likeness (QED) is 0.536. The van der Waals surface area contributed by atoms with Crippen molar-refractivity contribution < 1.29 is 4.84 Å². The largest absolute Gasteiger partial charge is 0.391 e. The number of hydrogen-bond acceptors (Lipinski definition) is 2. The SMILES string of the molecule is Clc1ccc(C=NOCc2cccc(Br)c2)cc1Cl. The summed E-state index contributed by atoms with van der Waals surface area (Å²) in [6.07, 6.45) is 1.60. The first-order chi connectivity index (χ1) is 9.15. The standard InChI is InChI=1S/C14H10BrCl2NO/c15-12-3-1-2-11(6-12)9-19-18-8-10-4-5-13(16)14(17)7-10/h1-8H,9H2. The van der Waals surface area contributed by atoms with Crippen LogP contribution in [-0.4, -0.2) is 6.21 Å². The van der Waals surface area contributed by atoms with Crippen LogP contribution in [0.25, 0.3) is 0 Å². The van der Waals surface area contributed by atoms with Gasteiger partial charge < -0.3 is 4.84 Å². The van der Waals surface area contributed by atoms with E-state index < -0.39 is 0 Å². The van der Waals surface area contributed by atoms with E-state index in [1.165, 1.54) is 0 Å². The Hall–Kier alpha value is -1.03. The summed E-state index contributed by atoms with van der Waals surface area (Å²) in [6, 6.07) is 13.1. The molecule has 0 heterocycles. The molecule has 0 amide bonds. The first kappa shape index (κ1) is 14.4. The van der Waals surface area contributed by atoms with Crippen molar-refractivity contribution in [3.63, 3.8) is 0 Å². The maximum Gasteiger partial charge on any atom is 0.142 e. The van der Waals surface area contributed by atoms with E-state index in [0.717, 1.165) is 15.6 Å². The molecule has 0 unspecified atom stereocenters.